The lowest BCUT2D eigenvalue weighted by Crippen LogP contribution is -2.08. The van der Waals surface area contributed by atoms with Crippen LogP contribution >= 0.6 is 11.6 Å². The minimum Gasteiger partial charge on any atom is -0.368 e. The Balaban J connectivity index is 2.06. The van der Waals surface area contributed by atoms with Gasteiger partial charge in [-0.3, -0.25) is 4.79 Å². The number of hydrogen-bond acceptors (Lipinski definition) is 4. The van der Waals surface area contributed by atoms with E-state index in [1.54, 1.807) is 30.3 Å². The van der Waals surface area contributed by atoms with Crippen molar-refractivity contribution in [3.63, 3.8) is 0 Å². The molecule has 1 aromatic heterocycles. The zero-order chi connectivity index (χ0) is 16.4. The molecule has 5 heteroatoms. The van der Waals surface area contributed by atoms with Gasteiger partial charge in [0.05, 0.1) is 5.69 Å². The molecule has 0 saturated carbocycles. The topological polar surface area (TPSA) is 68.9 Å². The number of anilines is 1. The van der Waals surface area contributed by atoms with Crippen LogP contribution in [0.4, 0.5) is 5.95 Å². The predicted octanol–water partition coefficient (Wildman–Crippen LogP) is 3.92. The number of nitrogens with zero attached hydrogens (tertiary/aromatic N) is 2. The average Bonchev–Trinajstić information content (AvgIpc) is 2.53. The zero-order valence-corrected chi connectivity index (χ0v) is 13.2. The van der Waals surface area contributed by atoms with Gasteiger partial charge >= 0.3 is 0 Å². The number of halogens is 1. The van der Waals surface area contributed by atoms with Crippen molar-refractivity contribution >= 4 is 23.3 Å². The van der Waals surface area contributed by atoms with Crippen LogP contribution < -0.4 is 5.73 Å². The van der Waals surface area contributed by atoms with Gasteiger partial charge in [0.25, 0.3) is 0 Å². The number of aromatic nitrogens is 2. The quantitative estimate of drug-likeness (QED) is 0.742. The number of nitrogen functional groups attached to an aromatic ring is 1. The molecule has 0 spiro atoms. The van der Waals surface area contributed by atoms with Crippen molar-refractivity contribution in [3.05, 3.63) is 76.4 Å². The molecule has 0 amide bonds. The van der Waals surface area contributed by atoms with E-state index in [2.05, 4.69) is 9.97 Å². The largest absolute Gasteiger partial charge is 0.368 e. The molecular weight excluding hydrogens is 310 g/mol. The fourth-order valence-corrected chi connectivity index (χ4v) is 2.50. The first-order valence-corrected chi connectivity index (χ1v) is 7.42. The van der Waals surface area contributed by atoms with E-state index in [1.807, 2.05) is 31.2 Å². The van der Waals surface area contributed by atoms with E-state index in [0.717, 1.165) is 11.1 Å². The van der Waals surface area contributed by atoms with Crippen LogP contribution in [0.1, 0.15) is 21.6 Å². The van der Waals surface area contributed by atoms with Crippen molar-refractivity contribution in [2.45, 2.75) is 6.92 Å². The molecular formula is C18H14ClN3O. The first-order valence-electron chi connectivity index (χ1n) is 7.05. The second-order valence-corrected chi connectivity index (χ2v) is 5.64. The Bertz CT molecular complexity index is 893. The molecule has 0 fully saturated rings. The molecule has 3 rings (SSSR count). The maximum atomic E-state index is 12.6. The zero-order valence-electron chi connectivity index (χ0n) is 12.5. The number of carbonyl (C=O) groups is 1. The van der Waals surface area contributed by atoms with Crippen molar-refractivity contribution in [1.82, 2.24) is 9.97 Å². The van der Waals surface area contributed by atoms with Gasteiger partial charge in [-0.2, -0.15) is 0 Å². The van der Waals surface area contributed by atoms with E-state index < -0.39 is 0 Å². The average molecular weight is 324 g/mol. The van der Waals surface area contributed by atoms with Crippen LogP contribution in [0.25, 0.3) is 11.3 Å². The van der Waals surface area contributed by atoms with Crippen molar-refractivity contribution in [1.29, 1.82) is 0 Å². The van der Waals surface area contributed by atoms with Crippen molar-refractivity contribution < 1.29 is 4.79 Å². The van der Waals surface area contributed by atoms with E-state index in [-0.39, 0.29) is 17.4 Å². The Morgan fingerprint density at radius 1 is 1.04 bits per heavy atom. The lowest BCUT2D eigenvalue weighted by Gasteiger charge is -2.07. The summed E-state index contributed by atoms with van der Waals surface area (Å²) in [6.45, 7) is 1.99. The lowest BCUT2D eigenvalue weighted by atomic mass is 10.0. The number of hydrogen-bond donors (Lipinski definition) is 1. The minimum atomic E-state index is -0.240. The van der Waals surface area contributed by atoms with Crippen LogP contribution in [0.3, 0.4) is 0 Å². The Morgan fingerprint density at radius 2 is 1.83 bits per heavy atom. The van der Waals surface area contributed by atoms with Crippen LogP contribution in [0, 0.1) is 6.92 Å². The molecule has 0 bridgehead atoms. The standard InChI is InChI=1S/C18H14ClN3O/c1-11-4-2-5-12(8-11)15-10-16(22-18(20)21-15)17(23)13-6-3-7-14(19)9-13/h2-10H,1H3,(H2,20,21,22). The normalized spacial score (nSPS) is 10.5. The number of benzene rings is 2. The third-order valence-corrected chi connectivity index (χ3v) is 3.61. The predicted molar refractivity (Wildman–Crippen MR) is 91.5 cm³/mol. The molecule has 0 saturated heterocycles. The highest BCUT2D eigenvalue weighted by Gasteiger charge is 2.14. The van der Waals surface area contributed by atoms with Gasteiger partial charge in [-0.1, -0.05) is 47.5 Å². The molecule has 4 nitrogen and oxygen atoms in total. The van der Waals surface area contributed by atoms with Crippen LogP contribution in [0.15, 0.2) is 54.6 Å². The SMILES string of the molecule is Cc1cccc(-c2cc(C(=O)c3cccc(Cl)c3)nc(N)n2)c1. The summed E-state index contributed by atoms with van der Waals surface area (Å²) >= 11 is 5.94. The summed E-state index contributed by atoms with van der Waals surface area (Å²) in [6.07, 6.45) is 0. The number of carbonyl (C=O) groups excluding carboxylic acids is 1. The van der Waals surface area contributed by atoms with Crippen molar-refractivity contribution in [2.75, 3.05) is 5.73 Å². The summed E-state index contributed by atoms with van der Waals surface area (Å²) in [7, 11) is 0. The molecule has 0 atom stereocenters. The molecule has 0 aliphatic carbocycles. The fourth-order valence-electron chi connectivity index (χ4n) is 2.31. The van der Waals surface area contributed by atoms with E-state index in [0.29, 0.717) is 16.3 Å². The van der Waals surface area contributed by atoms with E-state index in [9.17, 15) is 4.79 Å². The maximum absolute atomic E-state index is 12.6. The van der Waals surface area contributed by atoms with E-state index in [4.69, 9.17) is 17.3 Å². The number of ketones is 1. The van der Waals surface area contributed by atoms with E-state index >= 15 is 0 Å². The Hall–Kier alpha value is -2.72. The van der Waals surface area contributed by atoms with Gasteiger partial charge < -0.3 is 5.73 Å². The summed E-state index contributed by atoms with van der Waals surface area (Å²) in [4.78, 5) is 20.9. The number of rotatable bonds is 3. The van der Waals surface area contributed by atoms with Gasteiger partial charge in [-0.05, 0) is 31.2 Å². The molecule has 0 unspecified atom stereocenters. The van der Waals surface area contributed by atoms with Gasteiger partial charge in [0, 0.05) is 16.1 Å². The maximum Gasteiger partial charge on any atom is 0.221 e. The van der Waals surface area contributed by atoms with Crippen LogP contribution in [0.2, 0.25) is 5.02 Å². The highest BCUT2D eigenvalue weighted by molar-refractivity contribution is 6.31. The molecule has 0 aliphatic rings. The highest BCUT2D eigenvalue weighted by Crippen LogP contribution is 2.21. The Morgan fingerprint density at radius 3 is 2.57 bits per heavy atom. The third kappa shape index (κ3) is 3.38. The van der Waals surface area contributed by atoms with Crippen LogP contribution in [-0.4, -0.2) is 15.8 Å². The van der Waals surface area contributed by atoms with Gasteiger partial charge in [-0.15, -0.1) is 0 Å². The molecule has 0 aliphatic heterocycles. The van der Waals surface area contributed by atoms with E-state index in [1.165, 1.54) is 0 Å². The molecule has 0 radical (unpaired) electrons. The second kappa shape index (κ2) is 6.18. The van der Waals surface area contributed by atoms with Gasteiger partial charge in [-0.25, -0.2) is 9.97 Å². The minimum absolute atomic E-state index is 0.0642. The van der Waals surface area contributed by atoms with Crippen LogP contribution in [-0.2, 0) is 0 Å². The smallest absolute Gasteiger partial charge is 0.221 e. The monoisotopic (exact) mass is 323 g/mol. The molecule has 3 aromatic rings. The molecule has 23 heavy (non-hydrogen) atoms. The molecule has 114 valence electrons. The summed E-state index contributed by atoms with van der Waals surface area (Å²) in [6, 6.07) is 16.2. The Kier molecular flexibility index (Phi) is 4.08. The molecule has 2 aromatic carbocycles. The van der Waals surface area contributed by atoms with Gasteiger partial charge in [0.2, 0.25) is 11.7 Å². The Labute approximate surface area is 139 Å². The summed E-state index contributed by atoms with van der Waals surface area (Å²) < 4.78 is 0. The summed E-state index contributed by atoms with van der Waals surface area (Å²) in [5.41, 5.74) is 9.10. The first-order chi connectivity index (χ1) is 11.0. The fraction of sp³-hybridized carbons (Fsp3) is 0.0556. The first kappa shape index (κ1) is 15.2. The second-order valence-electron chi connectivity index (χ2n) is 5.21. The summed E-state index contributed by atoms with van der Waals surface area (Å²) in [5.74, 6) is -0.176. The number of aryl methyl sites for hydroxylation is 1. The highest BCUT2D eigenvalue weighted by atomic mass is 35.5. The lowest BCUT2D eigenvalue weighted by molar-refractivity contribution is 0.103. The van der Waals surface area contributed by atoms with Gasteiger partial charge in [0.15, 0.2) is 0 Å². The van der Waals surface area contributed by atoms with Crippen LogP contribution in [0.5, 0.6) is 0 Å². The van der Waals surface area contributed by atoms with Crippen molar-refractivity contribution in [2.24, 2.45) is 0 Å². The summed E-state index contributed by atoms with van der Waals surface area (Å²) in [5, 5.41) is 0.497. The van der Waals surface area contributed by atoms with Gasteiger partial charge in [0.1, 0.15) is 5.69 Å². The molecule has 1 heterocycles. The molecule has 2 N–H and O–H groups in total. The third-order valence-electron chi connectivity index (χ3n) is 3.38. The number of nitrogens with two attached hydrogens (primary N) is 1. The van der Waals surface area contributed by atoms with Crippen molar-refractivity contribution in [3.8, 4) is 11.3 Å².